The van der Waals surface area contributed by atoms with Gasteiger partial charge in [-0.15, -0.1) is 0 Å². The van der Waals surface area contributed by atoms with Crippen molar-refractivity contribution >= 4 is 5.91 Å². The number of hydrogen-bond acceptors (Lipinski definition) is 4. The van der Waals surface area contributed by atoms with Gasteiger partial charge < -0.3 is 15.2 Å². The Hall–Kier alpha value is -2.40. The number of carbonyl (C=O) groups is 1. The number of hydrogen-bond donors (Lipinski definition) is 2. The summed E-state index contributed by atoms with van der Waals surface area (Å²) >= 11 is 0. The number of nitrogens with one attached hydrogen (secondary N) is 1. The molecule has 1 heterocycles. The molecule has 22 heavy (non-hydrogen) atoms. The van der Waals surface area contributed by atoms with E-state index >= 15 is 0 Å². The molecule has 116 valence electrons. The number of nitrogens with zero attached hydrogens (tertiary/aromatic N) is 1. The van der Waals surface area contributed by atoms with Crippen LogP contribution in [0.2, 0.25) is 0 Å². The van der Waals surface area contributed by atoms with Crippen molar-refractivity contribution in [3.63, 3.8) is 0 Å². The summed E-state index contributed by atoms with van der Waals surface area (Å²) in [5.74, 6) is 0.233. The third kappa shape index (κ3) is 4.30. The minimum Gasteiger partial charge on any atom is -0.497 e. The fourth-order valence-corrected chi connectivity index (χ4v) is 2.07. The fraction of sp³-hybridized carbons (Fsp3) is 0.294. The van der Waals surface area contributed by atoms with Gasteiger partial charge in [0.15, 0.2) is 0 Å². The smallest absolute Gasteiger partial charge is 0.270 e. The second kappa shape index (κ2) is 7.56. The van der Waals surface area contributed by atoms with E-state index in [9.17, 15) is 9.90 Å². The standard InChI is InChI=1S/C17H20N2O3/c1-12(16(20)10-13-6-4-3-5-7-13)19-17(21)15-11-14(22-2)8-9-18-15/h3-9,11-12,16,20H,10H2,1-2H3,(H,19,21). The van der Waals surface area contributed by atoms with Crippen LogP contribution in [-0.4, -0.2) is 35.3 Å². The minimum absolute atomic E-state index is 0.262. The molecule has 2 rings (SSSR count). The molecule has 2 N–H and O–H groups in total. The van der Waals surface area contributed by atoms with Gasteiger partial charge in [-0.25, -0.2) is 0 Å². The molecule has 0 saturated carbocycles. The first-order valence-corrected chi connectivity index (χ1v) is 7.13. The highest BCUT2D eigenvalue weighted by atomic mass is 16.5. The molecular formula is C17H20N2O3. The third-order valence-corrected chi connectivity index (χ3v) is 3.42. The van der Waals surface area contributed by atoms with Gasteiger partial charge in [0.1, 0.15) is 11.4 Å². The minimum atomic E-state index is -0.669. The van der Waals surface area contributed by atoms with E-state index in [1.165, 1.54) is 13.3 Å². The van der Waals surface area contributed by atoms with E-state index in [2.05, 4.69) is 10.3 Å². The molecule has 0 fully saturated rings. The average molecular weight is 300 g/mol. The number of amides is 1. The second-order valence-corrected chi connectivity index (χ2v) is 5.10. The highest BCUT2D eigenvalue weighted by Gasteiger charge is 2.18. The molecule has 2 atom stereocenters. The zero-order valence-corrected chi connectivity index (χ0v) is 12.7. The van der Waals surface area contributed by atoms with Gasteiger partial charge in [-0.3, -0.25) is 9.78 Å². The van der Waals surface area contributed by atoms with Crippen LogP contribution in [0, 0.1) is 0 Å². The first-order valence-electron chi connectivity index (χ1n) is 7.13. The second-order valence-electron chi connectivity index (χ2n) is 5.10. The van der Waals surface area contributed by atoms with Gasteiger partial charge >= 0.3 is 0 Å². The van der Waals surface area contributed by atoms with E-state index in [1.54, 1.807) is 19.1 Å². The van der Waals surface area contributed by atoms with Crippen LogP contribution in [0.4, 0.5) is 0 Å². The normalized spacial score (nSPS) is 13.2. The molecule has 2 unspecified atom stereocenters. The zero-order chi connectivity index (χ0) is 15.9. The molecule has 0 aliphatic rings. The van der Waals surface area contributed by atoms with Crippen molar-refractivity contribution in [1.29, 1.82) is 0 Å². The van der Waals surface area contributed by atoms with Crippen molar-refractivity contribution < 1.29 is 14.6 Å². The summed E-state index contributed by atoms with van der Waals surface area (Å²) in [6.07, 6.45) is 1.32. The molecule has 1 aromatic heterocycles. The Morgan fingerprint density at radius 1 is 1.32 bits per heavy atom. The Morgan fingerprint density at radius 3 is 2.73 bits per heavy atom. The van der Waals surface area contributed by atoms with Crippen LogP contribution in [-0.2, 0) is 6.42 Å². The monoisotopic (exact) mass is 300 g/mol. The highest BCUT2D eigenvalue weighted by molar-refractivity contribution is 5.92. The molecule has 0 radical (unpaired) electrons. The SMILES string of the molecule is COc1ccnc(C(=O)NC(C)C(O)Cc2ccccc2)c1. The Kier molecular flexibility index (Phi) is 5.49. The molecule has 1 aromatic carbocycles. The van der Waals surface area contributed by atoms with Crippen molar-refractivity contribution in [2.45, 2.75) is 25.5 Å². The maximum atomic E-state index is 12.1. The summed E-state index contributed by atoms with van der Waals surface area (Å²) in [5, 5.41) is 13.0. The average Bonchev–Trinajstić information content (AvgIpc) is 2.55. The predicted octanol–water partition coefficient (Wildman–Crippen LogP) is 1.81. The van der Waals surface area contributed by atoms with Crippen LogP contribution in [0.1, 0.15) is 23.0 Å². The lowest BCUT2D eigenvalue weighted by Gasteiger charge is -2.20. The molecule has 0 bridgehead atoms. The summed E-state index contributed by atoms with van der Waals surface area (Å²) in [6, 6.07) is 12.5. The Balaban J connectivity index is 1.95. The molecule has 1 amide bonds. The van der Waals surface area contributed by atoms with Gasteiger partial charge in [0.05, 0.1) is 19.3 Å². The topological polar surface area (TPSA) is 71.5 Å². The van der Waals surface area contributed by atoms with Crippen LogP contribution in [0.15, 0.2) is 48.7 Å². The van der Waals surface area contributed by atoms with Crippen LogP contribution in [0.3, 0.4) is 0 Å². The third-order valence-electron chi connectivity index (χ3n) is 3.42. The van der Waals surface area contributed by atoms with E-state index in [0.717, 1.165) is 5.56 Å². The molecule has 0 aliphatic heterocycles. The quantitative estimate of drug-likeness (QED) is 0.853. The van der Waals surface area contributed by atoms with Crippen LogP contribution in [0.25, 0.3) is 0 Å². The van der Waals surface area contributed by atoms with E-state index in [0.29, 0.717) is 12.2 Å². The van der Waals surface area contributed by atoms with Crippen molar-refractivity contribution in [2.24, 2.45) is 0 Å². The van der Waals surface area contributed by atoms with E-state index in [4.69, 9.17) is 4.74 Å². The molecule has 2 aromatic rings. The van der Waals surface area contributed by atoms with Crippen molar-refractivity contribution in [2.75, 3.05) is 7.11 Å². The summed E-state index contributed by atoms with van der Waals surface area (Å²) < 4.78 is 5.07. The van der Waals surface area contributed by atoms with Crippen molar-refractivity contribution in [1.82, 2.24) is 10.3 Å². The Labute approximate surface area is 130 Å². The van der Waals surface area contributed by atoms with Gasteiger partial charge in [-0.2, -0.15) is 0 Å². The van der Waals surface area contributed by atoms with E-state index in [1.807, 2.05) is 30.3 Å². The van der Waals surface area contributed by atoms with Crippen molar-refractivity contribution in [3.05, 3.63) is 59.9 Å². The molecule has 0 saturated heterocycles. The number of pyridine rings is 1. The number of methoxy groups -OCH3 is 1. The highest BCUT2D eigenvalue weighted by Crippen LogP contribution is 2.11. The Morgan fingerprint density at radius 2 is 2.05 bits per heavy atom. The number of aromatic nitrogens is 1. The molecule has 0 aliphatic carbocycles. The lowest BCUT2D eigenvalue weighted by Crippen LogP contribution is -2.42. The number of rotatable bonds is 6. The summed E-state index contributed by atoms with van der Waals surface area (Å²) in [7, 11) is 1.53. The van der Waals surface area contributed by atoms with E-state index in [-0.39, 0.29) is 17.6 Å². The lowest BCUT2D eigenvalue weighted by atomic mass is 10.0. The van der Waals surface area contributed by atoms with Gasteiger partial charge in [-0.05, 0) is 18.6 Å². The Bertz CT molecular complexity index is 616. The first kappa shape index (κ1) is 16.0. The van der Waals surface area contributed by atoms with Gasteiger partial charge in [0.2, 0.25) is 0 Å². The zero-order valence-electron chi connectivity index (χ0n) is 12.7. The number of aliphatic hydroxyl groups is 1. The predicted molar refractivity (Wildman–Crippen MR) is 83.9 cm³/mol. The van der Waals surface area contributed by atoms with E-state index < -0.39 is 6.10 Å². The lowest BCUT2D eigenvalue weighted by molar-refractivity contribution is 0.0847. The van der Waals surface area contributed by atoms with Gasteiger partial charge in [0.25, 0.3) is 5.91 Å². The first-order chi connectivity index (χ1) is 10.6. The maximum Gasteiger partial charge on any atom is 0.270 e. The van der Waals surface area contributed by atoms with Gasteiger partial charge in [-0.1, -0.05) is 30.3 Å². The largest absolute Gasteiger partial charge is 0.497 e. The number of benzene rings is 1. The van der Waals surface area contributed by atoms with Crippen LogP contribution < -0.4 is 10.1 Å². The molecule has 5 heteroatoms. The number of carbonyl (C=O) groups excluding carboxylic acids is 1. The number of aliphatic hydroxyl groups excluding tert-OH is 1. The summed E-state index contributed by atoms with van der Waals surface area (Å²) in [6.45, 7) is 1.77. The summed E-state index contributed by atoms with van der Waals surface area (Å²) in [4.78, 5) is 16.1. The maximum absolute atomic E-state index is 12.1. The fourth-order valence-electron chi connectivity index (χ4n) is 2.07. The molecule has 5 nitrogen and oxygen atoms in total. The molecular weight excluding hydrogens is 280 g/mol. The molecule has 0 spiro atoms. The number of ether oxygens (including phenoxy) is 1. The van der Waals surface area contributed by atoms with Crippen molar-refractivity contribution in [3.8, 4) is 5.75 Å². The van der Waals surface area contributed by atoms with Crippen LogP contribution >= 0.6 is 0 Å². The summed E-state index contributed by atoms with van der Waals surface area (Å²) in [5.41, 5.74) is 1.29. The van der Waals surface area contributed by atoms with Gasteiger partial charge in [0, 0.05) is 18.7 Å². The van der Waals surface area contributed by atoms with Crippen LogP contribution in [0.5, 0.6) is 5.75 Å².